The molecule has 2 aliphatic rings. The summed E-state index contributed by atoms with van der Waals surface area (Å²) in [6.45, 7) is 7.54. The second-order valence-corrected chi connectivity index (χ2v) is 10.2. The zero-order valence-corrected chi connectivity index (χ0v) is 19.6. The van der Waals surface area contributed by atoms with Gasteiger partial charge < -0.3 is 15.2 Å². The maximum atomic E-state index is 13.3. The van der Waals surface area contributed by atoms with Crippen LogP contribution >= 0.6 is 11.3 Å². The first-order chi connectivity index (χ1) is 15.2. The second-order valence-electron chi connectivity index (χ2n) is 9.34. The second kappa shape index (κ2) is 8.70. The topological polar surface area (TPSA) is 92.7 Å². The van der Waals surface area contributed by atoms with Gasteiger partial charge in [0, 0.05) is 10.9 Å². The first kappa shape index (κ1) is 22.5. The first-order valence-electron chi connectivity index (χ1n) is 11.1. The molecule has 1 aromatic heterocycles. The van der Waals surface area contributed by atoms with E-state index in [1.165, 1.54) is 11.3 Å². The Morgan fingerprint density at radius 3 is 2.44 bits per heavy atom. The van der Waals surface area contributed by atoms with E-state index in [1.807, 2.05) is 37.4 Å². The van der Waals surface area contributed by atoms with Gasteiger partial charge in [-0.25, -0.2) is 4.79 Å². The van der Waals surface area contributed by atoms with E-state index in [9.17, 15) is 19.5 Å². The molecule has 2 aliphatic carbocycles. The maximum Gasteiger partial charge on any atom is 0.342 e. The van der Waals surface area contributed by atoms with Crippen LogP contribution in [0.4, 0.5) is 5.00 Å². The van der Waals surface area contributed by atoms with Crippen molar-refractivity contribution >= 4 is 34.2 Å². The number of hydrogen-bond acceptors (Lipinski definition) is 5. The van der Waals surface area contributed by atoms with Gasteiger partial charge in [0.05, 0.1) is 17.9 Å². The summed E-state index contributed by atoms with van der Waals surface area (Å²) < 4.78 is 5.51. The van der Waals surface area contributed by atoms with E-state index >= 15 is 0 Å². The molecule has 32 heavy (non-hydrogen) atoms. The molecule has 2 bridgehead atoms. The van der Waals surface area contributed by atoms with Crippen molar-refractivity contribution in [2.24, 2.45) is 23.7 Å². The minimum absolute atomic E-state index is 0.0625. The summed E-state index contributed by atoms with van der Waals surface area (Å²) in [6, 6.07) is 6.04. The fraction of sp³-hybridized carbons (Fsp3) is 0.480. The highest BCUT2D eigenvalue weighted by Crippen LogP contribution is 2.53. The average Bonchev–Trinajstić information content (AvgIpc) is 3.43. The quantitative estimate of drug-likeness (QED) is 0.578. The molecule has 0 saturated heterocycles. The van der Waals surface area contributed by atoms with E-state index in [2.05, 4.69) is 5.32 Å². The predicted molar refractivity (Wildman–Crippen MR) is 124 cm³/mol. The number of thiophene rings is 1. The van der Waals surface area contributed by atoms with Crippen LogP contribution in [-0.2, 0) is 14.3 Å². The lowest BCUT2D eigenvalue weighted by molar-refractivity contribution is -0.148. The van der Waals surface area contributed by atoms with Gasteiger partial charge in [-0.1, -0.05) is 23.8 Å². The first-order valence-corrected chi connectivity index (χ1v) is 12.0. The minimum Gasteiger partial charge on any atom is -0.481 e. The molecule has 4 unspecified atom stereocenters. The molecule has 2 saturated carbocycles. The van der Waals surface area contributed by atoms with E-state index < -0.39 is 23.8 Å². The zero-order chi connectivity index (χ0) is 23.2. The van der Waals surface area contributed by atoms with Gasteiger partial charge in [-0.3, -0.25) is 9.59 Å². The number of amides is 1. The summed E-state index contributed by atoms with van der Waals surface area (Å²) in [4.78, 5) is 38.2. The Morgan fingerprint density at radius 1 is 1.09 bits per heavy atom. The number of esters is 1. The van der Waals surface area contributed by atoms with Crippen LogP contribution in [0, 0.1) is 37.5 Å². The number of nitrogens with one attached hydrogen (secondary N) is 1. The van der Waals surface area contributed by atoms with Gasteiger partial charge in [0.1, 0.15) is 10.6 Å². The number of carboxylic acids is 1. The van der Waals surface area contributed by atoms with Gasteiger partial charge in [0.25, 0.3) is 0 Å². The summed E-state index contributed by atoms with van der Waals surface area (Å²) in [5.41, 5.74) is 4.06. The Hall–Kier alpha value is -2.67. The summed E-state index contributed by atoms with van der Waals surface area (Å²) in [7, 11) is 0. The van der Waals surface area contributed by atoms with Crippen LogP contribution in [0.3, 0.4) is 0 Å². The standard InChI is InChI=1S/C25H29NO5S/c1-12(2)31-25(30)21-18(17-9-13(3)5-6-14(17)4)11-32-23(21)26-22(27)19-15-7-8-16(10-15)20(19)24(28)29/h5-6,9,11-12,15-16,19-20H,7-8,10H2,1-4H3,(H,26,27)(H,28,29). The van der Waals surface area contributed by atoms with E-state index in [1.54, 1.807) is 13.8 Å². The molecule has 0 spiro atoms. The van der Waals surface area contributed by atoms with Crippen LogP contribution < -0.4 is 5.32 Å². The molecule has 4 rings (SSSR count). The third-order valence-corrected chi connectivity index (χ3v) is 7.66. The van der Waals surface area contributed by atoms with Gasteiger partial charge in [0.15, 0.2) is 0 Å². The molecular formula is C25H29NO5S. The van der Waals surface area contributed by atoms with Crippen LogP contribution in [0.1, 0.15) is 54.6 Å². The molecule has 7 heteroatoms. The van der Waals surface area contributed by atoms with Gasteiger partial charge >= 0.3 is 11.9 Å². The molecule has 4 atom stereocenters. The number of carbonyl (C=O) groups is 3. The fourth-order valence-electron chi connectivity index (χ4n) is 5.37. The summed E-state index contributed by atoms with van der Waals surface area (Å²) in [5, 5.41) is 14.9. The van der Waals surface area contributed by atoms with Gasteiger partial charge in [-0.05, 0) is 69.9 Å². The molecule has 1 aromatic carbocycles. The van der Waals surface area contributed by atoms with Crippen molar-refractivity contribution in [3.8, 4) is 11.1 Å². The largest absolute Gasteiger partial charge is 0.481 e. The summed E-state index contributed by atoms with van der Waals surface area (Å²) >= 11 is 1.28. The number of benzene rings is 1. The number of ether oxygens (including phenoxy) is 1. The number of carbonyl (C=O) groups excluding carboxylic acids is 2. The van der Waals surface area contributed by atoms with Crippen molar-refractivity contribution in [3.05, 3.63) is 40.3 Å². The Labute approximate surface area is 192 Å². The number of aliphatic carboxylic acids is 1. The molecule has 0 radical (unpaired) electrons. The van der Waals surface area contributed by atoms with Gasteiger partial charge in [0.2, 0.25) is 5.91 Å². The molecule has 2 N–H and O–H groups in total. The molecule has 0 aliphatic heterocycles. The number of carboxylic acid groups (broad SMARTS) is 1. The van der Waals surface area contributed by atoms with Crippen LogP contribution in [0.2, 0.25) is 0 Å². The highest BCUT2D eigenvalue weighted by atomic mass is 32.1. The zero-order valence-electron chi connectivity index (χ0n) is 18.8. The average molecular weight is 456 g/mol. The maximum absolute atomic E-state index is 13.3. The highest BCUT2D eigenvalue weighted by Gasteiger charge is 2.54. The molecule has 2 fully saturated rings. The molecule has 170 valence electrons. The van der Waals surface area contributed by atoms with Crippen molar-refractivity contribution in [2.45, 2.75) is 53.1 Å². The van der Waals surface area contributed by atoms with Crippen LogP contribution in [0.5, 0.6) is 0 Å². The third-order valence-electron chi connectivity index (χ3n) is 6.76. The Morgan fingerprint density at radius 2 is 1.78 bits per heavy atom. The van der Waals surface area contributed by atoms with E-state index in [4.69, 9.17) is 4.74 Å². The SMILES string of the molecule is Cc1ccc(C)c(-c2csc(NC(=O)C3C4CCC(C4)C3C(=O)O)c2C(=O)OC(C)C)c1. The van der Waals surface area contributed by atoms with Crippen molar-refractivity contribution < 1.29 is 24.2 Å². The Bertz CT molecular complexity index is 1070. The number of hydrogen-bond donors (Lipinski definition) is 2. The van der Waals surface area contributed by atoms with Crippen molar-refractivity contribution in [1.29, 1.82) is 0 Å². The van der Waals surface area contributed by atoms with Gasteiger partial charge in [-0.2, -0.15) is 0 Å². The molecular weight excluding hydrogens is 426 g/mol. The van der Waals surface area contributed by atoms with E-state index in [0.29, 0.717) is 10.6 Å². The fourth-order valence-corrected chi connectivity index (χ4v) is 6.32. The van der Waals surface area contributed by atoms with Crippen LogP contribution in [-0.4, -0.2) is 29.1 Å². The third kappa shape index (κ3) is 4.06. The molecule has 1 heterocycles. The molecule has 1 amide bonds. The Kier molecular flexibility index (Phi) is 6.12. The van der Waals surface area contributed by atoms with Crippen LogP contribution in [0.25, 0.3) is 11.1 Å². The minimum atomic E-state index is -0.904. The summed E-state index contributed by atoms with van der Waals surface area (Å²) in [5.74, 6) is -2.77. The number of anilines is 1. The lowest BCUT2D eigenvalue weighted by Crippen LogP contribution is -2.38. The molecule has 6 nitrogen and oxygen atoms in total. The summed E-state index contributed by atoms with van der Waals surface area (Å²) in [6.07, 6.45) is 2.23. The normalized spacial score (nSPS) is 24.0. The number of rotatable bonds is 6. The van der Waals surface area contributed by atoms with Crippen molar-refractivity contribution in [2.75, 3.05) is 5.32 Å². The molecule has 2 aromatic rings. The van der Waals surface area contributed by atoms with Crippen molar-refractivity contribution in [3.63, 3.8) is 0 Å². The van der Waals surface area contributed by atoms with Crippen molar-refractivity contribution in [1.82, 2.24) is 0 Å². The lowest BCUT2D eigenvalue weighted by atomic mass is 9.78. The highest BCUT2D eigenvalue weighted by molar-refractivity contribution is 7.15. The lowest BCUT2D eigenvalue weighted by Gasteiger charge is -2.27. The smallest absolute Gasteiger partial charge is 0.342 e. The van der Waals surface area contributed by atoms with Crippen LogP contribution in [0.15, 0.2) is 23.6 Å². The number of fused-ring (bicyclic) bond motifs is 2. The van der Waals surface area contributed by atoms with Gasteiger partial charge in [-0.15, -0.1) is 11.3 Å². The van der Waals surface area contributed by atoms with E-state index in [-0.39, 0.29) is 23.8 Å². The monoisotopic (exact) mass is 455 g/mol. The predicted octanol–water partition coefficient (Wildman–Crippen LogP) is 5.28. The number of aryl methyl sites for hydroxylation is 2. The van der Waals surface area contributed by atoms with E-state index in [0.717, 1.165) is 41.5 Å². The Balaban J connectivity index is 1.70.